The molecule has 0 aromatic carbocycles. The van der Waals surface area contributed by atoms with E-state index in [0.717, 1.165) is 25.7 Å². The van der Waals surface area contributed by atoms with Crippen LogP contribution in [0.3, 0.4) is 0 Å². The zero-order valence-corrected chi connectivity index (χ0v) is 8.60. The number of allylic oxidation sites excluding steroid dienone is 10. The molecule has 0 nitrogen and oxygen atoms in total. The first-order valence-corrected chi connectivity index (χ1v) is 5.27. The molecule has 0 saturated heterocycles. The Morgan fingerprint density at radius 1 is 0.357 bits per heavy atom. The van der Waals surface area contributed by atoms with Gasteiger partial charge in [0, 0.05) is 0 Å². The molecule has 0 saturated carbocycles. The van der Waals surface area contributed by atoms with Crippen molar-refractivity contribution in [2.45, 2.75) is 25.7 Å². The monoisotopic (exact) mass is 186 g/mol. The normalized spacial score (nSPS) is 27.4. The predicted molar refractivity (Wildman–Crippen MR) is 64.2 cm³/mol. The Labute approximate surface area is 87.0 Å². The third-order valence-corrected chi connectivity index (χ3v) is 1.97. The van der Waals surface area contributed by atoms with Crippen molar-refractivity contribution < 1.29 is 0 Å². The predicted octanol–water partition coefficient (Wildman–Crippen LogP) is 4.34. The summed E-state index contributed by atoms with van der Waals surface area (Å²) < 4.78 is 0. The summed E-state index contributed by atoms with van der Waals surface area (Å²) in [4.78, 5) is 0. The molecule has 0 radical (unpaired) electrons. The summed E-state index contributed by atoms with van der Waals surface area (Å²) in [6.45, 7) is 0. The van der Waals surface area contributed by atoms with E-state index in [2.05, 4.69) is 60.8 Å². The van der Waals surface area contributed by atoms with Crippen molar-refractivity contribution in [3.63, 3.8) is 0 Å². The summed E-state index contributed by atoms with van der Waals surface area (Å²) in [5.41, 5.74) is 0. The first kappa shape index (κ1) is 10.8. The first-order valence-electron chi connectivity index (χ1n) is 5.27. The molecule has 0 aliphatic heterocycles. The Hall–Kier alpha value is -1.30. The molecule has 0 heteroatoms. The van der Waals surface area contributed by atoms with Gasteiger partial charge >= 0.3 is 0 Å². The highest BCUT2D eigenvalue weighted by atomic mass is 13.8. The highest BCUT2D eigenvalue weighted by Gasteiger charge is 1.75. The summed E-state index contributed by atoms with van der Waals surface area (Å²) >= 11 is 0. The molecule has 0 N–H and O–H groups in total. The minimum absolute atomic E-state index is 1.04. The molecule has 14 heavy (non-hydrogen) atoms. The molecule has 0 heterocycles. The fourth-order valence-electron chi connectivity index (χ4n) is 1.21. The van der Waals surface area contributed by atoms with Gasteiger partial charge in [-0.15, -0.1) is 0 Å². The molecule has 0 amide bonds. The topological polar surface area (TPSA) is 0 Å². The van der Waals surface area contributed by atoms with Crippen LogP contribution in [-0.4, -0.2) is 0 Å². The van der Waals surface area contributed by atoms with E-state index in [0.29, 0.717) is 0 Å². The Morgan fingerprint density at radius 2 is 0.643 bits per heavy atom. The maximum Gasteiger partial charge on any atom is -0.0166 e. The van der Waals surface area contributed by atoms with Crippen LogP contribution in [0.15, 0.2) is 60.8 Å². The van der Waals surface area contributed by atoms with Gasteiger partial charge in [0.15, 0.2) is 0 Å². The van der Waals surface area contributed by atoms with Crippen LogP contribution in [0.2, 0.25) is 0 Å². The summed E-state index contributed by atoms with van der Waals surface area (Å²) in [7, 11) is 0. The van der Waals surface area contributed by atoms with Crippen LogP contribution in [0.4, 0.5) is 0 Å². The van der Waals surface area contributed by atoms with Gasteiger partial charge in [0.25, 0.3) is 0 Å². The van der Waals surface area contributed by atoms with Crippen LogP contribution in [0.1, 0.15) is 25.7 Å². The third-order valence-electron chi connectivity index (χ3n) is 1.97. The molecule has 0 unspecified atom stereocenters. The first-order chi connectivity index (χ1) is 7.00. The van der Waals surface area contributed by atoms with Crippen molar-refractivity contribution in [1.29, 1.82) is 0 Å². The lowest BCUT2D eigenvalue weighted by molar-refractivity contribution is 1.26. The molecule has 1 rings (SSSR count). The largest absolute Gasteiger partial charge is 0.0844 e. The molecular weight excluding hydrogens is 168 g/mol. The molecule has 74 valence electrons. The standard InChI is InChI=1S/C14H18/c1-2-4-6-8-10-12-14-13-11-9-7-5-3-1/h1-4,7-10,13-14H,5-6,11-12H2/b3-1-,4-2+,9-7?,10-8+,14-13+. The van der Waals surface area contributed by atoms with Gasteiger partial charge in [0.05, 0.1) is 0 Å². The Balaban J connectivity index is 2.45. The van der Waals surface area contributed by atoms with Gasteiger partial charge in [-0.2, -0.15) is 0 Å². The van der Waals surface area contributed by atoms with E-state index in [1.54, 1.807) is 0 Å². The lowest BCUT2D eigenvalue weighted by atomic mass is 10.2. The number of hydrogen-bond donors (Lipinski definition) is 0. The van der Waals surface area contributed by atoms with Crippen LogP contribution < -0.4 is 0 Å². The van der Waals surface area contributed by atoms with Crippen molar-refractivity contribution in [3.8, 4) is 0 Å². The Kier molecular flexibility index (Phi) is 6.39. The minimum atomic E-state index is 1.04. The van der Waals surface area contributed by atoms with Gasteiger partial charge in [0.2, 0.25) is 0 Å². The van der Waals surface area contributed by atoms with Crippen LogP contribution in [-0.2, 0) is 0 Å². The average molecular weight is 186 g/mol. The van der Waals surface area contributed by atoms with Gasteiger partial charge in [-0.3, -0.25) is 0 Å². The smallest absolute Gasteiger partial charge is 0.0166 e. The summed E-state index contributed by atoms with van der Waals surface area (Å²) in [6, 6.07) is 0. The molecule has 0 aromatic heterocycles. The van der Waals surface area contributed by atoms with E-state index >= 15 is 0 Å². The van der Waals surface area contributed by atoms with Crippen molar-refractivity contribution in [2.24, 2.45) is 0 Å². The quantitative estimate of drug-likeness (QED) is 0.494. The van der Waals surface area contributed by atoms with E-state index in [-0.39, 0.29) is 0 Å². The Morgan fingerprint density at radius 3 is 1.00 bits per heavy atom. The maximum atomic E-state index is 2.21. The summed E-state index contributed by atoms with van der Waals surface area (Å²) in [6.07, 6.45) is 26.0. The zero-order chi connectivity index (χ0) is 9.90. The third kappa shape index (κ3) is 6.24. The second-order valence-corrected chi connectivity index (χ2v) is 3.21. The molecule has 0 atom stereocenters. The van der Waals surface area contributed by atoms with Gasteiger partial charge < -0.3 is 0 Å². The highest BCUT2D eigenvalue weighted by molar-refractivity contribution is 5.08. The minimum Gasteiger partial charge on any atom is -0.0844 e. The zero-order valence-electron chi connectivity index (χ0n) is 8.60. The van der Waals surface area contributed by atoms with Crippen LogP contribution in [0.5, 0.6) is 0 Å². The second-order valence-electron chi connectivity index (χ2n) is 3.21. The van der Waals surface area contributed by atoms with Crippen LogP contribution >= 0.6 is 0 Å². The SMILES string of the molecule is C1=CC/C=C/C/C=C/C/C=C/C=C\C1. The molecule has 0 fully saturated rings. The second kappa shape index (κ2) is 8.31. The van der Waals surface area contributed by atoms with E-state index in [1.165, 1.54) is 0 Å². The lowest BCUT2D eigenvalue weighted by Crippen LogP contribution is -1.65. The summed E-state index contributed by atoms with van der Waals surface area (Å²) in [5, 5.41) is 0. The molecule has 1 aliphatic rings. The van der Waals surface area contributed by atoms with E-state index in [4.69, 9.17) is 0 Å². The van der Waals surface area contributed by atoms with Crippen molar-refractivity contribution in [3.05, 3.63) is 60.8 Å². The van der Waals surface area contributed by atoms with E-state index in [9.17, 15) is 0 Å². The average Bonchev–Trinajstić information content (AvgIpc) is 2.22. The fraction of sp³-hybridized carbons (Fsp3) is 0.286. The van der Waals surface area contributed by atoms with Crippen molar-refractivity contribution in [1.82, 2.24) is 0 Å². The molecule has 0 bridgehead atoms. The summed E-state index contributed by atoms with van der Waals surface area (Å²) in [5.74, 6) is 0. The van der Waals surface area contributed by atoms with E-state index in [1.807, 2.05) is 0 Å². The number of hydrogen-bond acceptors (Lipinski definition) is 0. The van der Waals surface area contributed by atoms with Crippen LogP contribution in [0, 0.1) is 0 Å². The molecular formula is C14H18. The van der Waals surface area contributed by atoms with Gasteiger partial charge in [0.1, 0.15) is 0 Å². The number of rotatable bonds is 0. The van der Waals surface area contributed by atoms with Crippen molar-refractivity contribution in [2.75, 3.05) is 0 Å². The van der Waals surface area contributed by atoms with Crippen LogP contribution in [0.25, 0.3) is 0 Å². The maximum absolute atomic E-state index is 2.21. The Bertz CT molecular complexity index is 234. The fourth-order valence-corrected chi connectivity index (χ4v) is 1.21. The van der Waals surface area contributed by atoms with Gasteiger partial charge in [-0.25, -0.2) is 0 Å². The molecule has 1 aliphatic carbocycles. The van der Waals surface area contributed by atoms with E-state index < -0.39 is 0 Å². The lowest BCUT2D eigenvalue weighted by Gasteiger charge is -1.86. The molecule has 0 aromatic rings. The molecule has 0 spiro atoms. The highest BCUT2D eigenvalue weighted by Crippen LogP contribution is 1.96. The van der Waals surface area contributed by atoms with Gasteiger partial charge in [-0.1, -0.05) is 60.8 Å². The van der Waals surface area contributed by atoms with Crippen molar-refractivity contribution >= 4 is 0 Å². The van der Waals surface area contributed by atoms with Gasteiger partial charge in [-0.05, 0) is 25.7 Å².